The molecule has 0 radical (unpaired) electrons. The lowest BCUT2D eigenvalue weighted by molar-refractivity contribution is 0.00289. The second kappa shape index (κ2) is 6.21. The first kappa shape index (κ1) is 11.7. The summed E-state index contributed by atoms with van der Waals surface area (Å²) < 4.78 is 5.26. The van der Waals surface area contributed by atoms with Crippen LogP contribution in [0.25, 0.3) is 0 Å². The lowest BCUT2D eigenvalue weighted by atomic mass is 10.1. The highest BCUT2D eigenvalue weighted by Crippen LogP contribution is 2.05. The van der Waals surface area contributed by atoms with Gasteiger partial charge in [-0.1, -0.05) is 5.57 Å². The summed E-state index contributed by atoms with van der Waals surface area (Å²) in [5.41, 5.74) is 1.11. The number of aliphatic hydroxyl groups is 1. The van der Waals surface area contributed by atoms with Crippen molar-refractivity contribution < 1.29 is 9.84 Å². The van der Waals surface area contributed by atoms with Crippen LogP contribution in [0.2, 0.25) is 0 Å². The Morgan fingerprint density at radius 2 is 2.08 bits per heavy atom. The SMILES string of the molecule is C=C(C)CCC(O)COC(C)C. The van der Waals surface area contributed by atoms with Crippen LogP contribution in [0.15, 0.2) is 12.2 Å². The van der Waals surface area contributed by atoms with Crippen molar-refractivity contribution in [3.63, 3.8) is 0 Å². The average molecular weight is 172 g/mol. The molecule has 12 heavy (non-hydrogen) atoms. The van der Waals surface area contributed by atoms with E-state index >= 15 is 0 Å². The van der Waals surface area contributed by atoms with Crippen molar-refractivity contribution in [2.45, 2.75) is 45.8 Å². The van der Waals surface area contributed by atoms with Gasteiger partial charge in [-0.15, -0.1) is 6.58 Å². The van der Waals surface area contributed by atoms with E-state index in [0.717, 1.165) is 18.4 Å². The smallest absolute Gasteiger partial charge is 0.0776 e. The molecule has 1 unspecified atom stereocenters. The second-order valence-electron chi connectivity index (χ2n) is 3.53. The molecule has 1 N–H and O–H groups in total. The molecule has 2 heteroatoms. The van der Waals surface area contributed by atoms with E-state index in [1.165, 1.54) is 0 Å². The maximum absolute atomic E-state index is 9.38. The standard InChI is InChI=1S/C10H20O2/c1-8(2)5-6-10(11)7-12-9(3)4/h9-11H,1,5-7H2,2-4H3. The van der Waals surface area contributed by atoms with E-state index in [4.69, 9.17) is 4.74 Å². The lowest BCUT2D eigenvalue weighted by Gasteiger charge is -2.12. The summed E-state index contributed by atoms with van der Waals surface area (Å²) in [7, 11) is 0. The molecule has 0 aromatic rings. The second-order valence-corrected chi connectivity index (χ2v) is 3.53. The Balaban J connectivity index is 3.33. The van der Waals surface area contributed by atoms with E-state index in [9.17, 15) is 5.11 Å². The van der Waals surface area contributed by atoms with Crippen LogP contribution in [0.5, 0.6) is 0 Å². The molecule has 2 nitrogen and oxygen atoms in total. The van der Waals surface area contributed by atoms with Crippen LogP contribution in [0, 0.1) is 0 Å². The van der Waals surface area contributed by atoms with E-state index in [1.54, 1.807) is 0 Å². The number of aliphatic hydroxyl groups excluding tert-OH is 1. The van der Waals surface area contributed by atoms with Gasteiger partial charge in [0.15, 0.2) is 0 Å². The molecule has 0 aliphatic heterocycles. The van der Waals surface area contributed by atoms with Crippen molar-refractivity contribution in [1.82, 2.24) is 0 Å². The van der Waals surface area contributed by atoms with Crippen molar-refractivity contribution in [1.29, 1.82) is 0 Å². The highest BCUT2D eigenvalue weighted by molar-refractivity contribution is 4.88. The van der Waals surface area contributed by atoms with E-state index < -0.39 is 0 Å². The fourth-order valence-electron chi connectivity index (χ4n) is 0.800. The molecular weight excluding hydrogens is 152 g/mol. The van der Waals surface area contributed by atoms with Gasteiger partial charge >= 0.3 is 0 Å². The summed E-state index contributed by atoms with van der Waals surface area (Å²) >= 11 is 0. The van der Waals surface area contributed by atoms with Gasteiger partial charge in [0.1, 0.15) is 0 Å². The normalized spacial score (nSPS) is 13.4. The Kier molecular flexibility index (Phi) is 6.03. The molecule has 0 amide bonds. The Morgan fingerprint density at radius 3 is 2.50 bits per heavy atom. The predicted octanol–water partition coefficient (Wildman–Crippen LogP) is 2.13. The van der Waals surface area contributed by atoms with Gasteiger partial charge in [-0.2, -0.15) is 0 Å². The first-order valence-corrected chi connectivity index (χ1v) is 4.46. The highest BCUT2D eigenvalue weighted by atomic mass is 16.5. The van der Waals surface area contributed by atoms with Crippen LogP contribution < -0.4 is 0 Å². The average Bonchev–Trinajstić information content (AvgIpc) is 1.96. The molecule has 72 valence electrons. The quantitative estimate of drug-likeness (QED) is 0.622. The lowest BCUT2D eigenvalue weighted by Crippen LogP contribution is -2.18. The Labute approximate surface area is 75.2 Å². The number of rotatable bonds is 6. The Bertz CT molecular complexity index is 130. The van der Waals surface area contributed by atoms with E-state index in [0.29, 0.717) is 6.61 Å². The molecule has 0 fully saturated rings. The Hall–Kier alpha value is -0.340. The predicted molar refractivity (Wildman–Crippen MR) is 51.1 cm³/mol. The molecule has 1 atom stereocenters. The summed E-state index contributed by atoms with van der Waals surface area (Å²) in [6.45, 7) is 10.1. The van der Waals surface area contributed by atoms with Crippen LogP contribution in [-0.4, -0.2) is 23.9 Å². The maximum Gasteiger partial charge on any atom is 0.0776 e. The summed E-state index contributed by atoms with van der Waals surface area (Å²) in [6.07, 6.45) is 1.48. The fraction of sp³-hybridized carbons (Fsp3) is 0.800. The molecule has 0 spiro atoms. The minimum absolute atomic E-state index is 0.199. The third-order valence-electron chi connectivity index (χ3n) is 1.53. The number of hydrogen-bond donors (Lipinski definition) is 1. The number of allylic oxidation sites excluding steroid dienone is 1. The summed E-state index contributed by atoms with van der Waals surface area (Å²) in [5.74, 6) is 0. The molecule has 0 rings (SSSR count). The van der Waals surface area contributed by atoms with Gasteiger partial charge in [-0.25, -0.2) is 0 Å². The van der Waals surface area contributed by atoms with Crippen molar-refractivity contribution in [2.75, 3.05) is 6.61 Å². The minimum atomic E-state index is -0.343. The van der Waals surface area contributed by atoms with Gasteiger partial charge in [0.25, 0.3) is 0 Å². The monoisotopic (exact) mass is 172 g/mol. The highest BCUT2D eigenvalue weighted by Gasteiger charge is 2.04. The fourth-order valence-corrected chi connectivity index (χ4v) is 0.800. The van der Waals surface area contributed by atoms with Gasteiger partial charge in [0.05, 0.1) is 18.8 Å². The van der Waals surface area contributed by atoms with Gasteiger partial charge < -0.3 is 9.84 Å². The third kappa shape index (κ3) is 7.76. The maximum atomic E-state index is 9.38. The summed E-state index contributed by atoms with van der Waals surface area (Å²) in [4.78, 5) is 0. The molecule has 0 saturated carbocycles. The zero-order valence-electron chi connectivity index (χ0n) is 8.34. The molecule has 0 aromatic heterocycles. The van der Waals surface area contributed by atoms with Gasteiger partial charge in [-0.05, 0) is 33.6 Å². The zero-order chi connectivity index (χ0) is 9.56. The zero-order valence-corrected chi connectivity index (χ0v) is 8.34. The first-order chi connectivity index (χ1) is 5.52. The van der Waals surface area contributed by atoms with Gasteiger partial charge in [0, 0.05) is 0 Å². The van der Waals surface area contributed by atoms with Crippen molar-refractivity contribution in [3.8, 4) is 0 Å². The van der Waals surface area contributed by atoms with Gasteiger partial charge in [0.2, 0.25) is 0 Å². The van der Waals surface area contributed by atoms with Crippen LogP contribution in [0.1, 0.15) is 33.6 Å². The third-order valence-corrected chi connectivity index (χ3v) is 1.53. The van der Waals surface area contributed by atoms with Crippen molar-refractivity contribution in [3.05, 3.63) is 12.2 Å². The van der Waals surface area contributed by atoms with E-state index in [2.05, 4.69) is 6.58 Å². The van der Waals surface area contributed by atoms with Gasteiger partial charge in [-0.3, -0.25) is 0 Å². The van der Waals surface area contributed by atoms with Crippen LogP contribution in [-0.2, 0) is 4.74 Å². The summed E-state index contributed by atoms with van der Waals surface area (Å²) in [5, 5.41) is 9.38. The molecular formula is C10H20O2. The van der Waals surface area contributed by atoms with Crippen molar-refractivity contribution >= 4 is 0 Å². The number of ether oxygens (including phenoxy) is 1. The molecule has 0 aliphatic rings. The summed E-state index contributed by atoms with van der Waals surface area (Å²) in [6, 6.07) is 0. The van der Waals surface area contributed by atoms with Crippen LogP contribution in [0.3, 0.4) is 0 Å². The molecule has 0 heterocycles. The Morgan fingerprint density at radius 1 is 1.50 bits per heavy atom. The van der Waals surface area contributed by atoms with Crippen LogP contribution in [0.4, 0.5) is 0 Å². The number of hydrogen-bond acceptors (Lipinski definition) is 2. The largest absolute Gasteiger partial charge is 0.391 e. The topological polar surface area (TPSA) is 29.5 Å². The first-order valence-electron chi connectivity index (χ1n) is 4.46. The molecule has 0 aliphatic carbocycles. The van der Waals surface area contributed by atoms with Crippen LogP contribution >= 0.6 is 0 Å². The molecule has 0 aromatic carbocycles. The minimum Gasteiger partial charge on any atom is -0.391 e. The molecule has 0 bridgehead atoms. The van der Waals surface area contributed by atoms with E-state index in [-0.39, 0.29) is 12.2 Å². The molecule has 0 saturated heterocycles. The van der Waals surface area contributed by atoms with Crippen molar-refractivity contribution in [2.24, 2.45) is 0 Å². The van der Waals surface area contributed by atoms with E-state index in [1.807, 2.05) is 20.8 Å².